The Morgan fingerprint density at radius 2 is 1.70 bits per heavy atom. The van der Waals surface area contributed by atoms with Gasteiger partial charge in [-0.15, -0.1) is 0 Å². The van der Waals surface area contributed by atoms with E-state index in [0.29, 0.717) is 13.2 Å². The maximum atomic E-state index is 10.2. The number of hydrogen-bond donors (Lipinski definition) is 1. The fourth-order valence-corrected chi connectivity index (χ4v) is 1.78. The largest absolute Gasteiger partial charge is 0.545 e. The number of hydrogen-bond acceptors (Lipinski definition) is 6. The molecule has 0 heterocycles. The number of aromatic hydroxyl groups is 1. The van der Waals surface area contributed by atoms with Gasteiger partial charge in [-0.25, -0.2) is 0 Å². The van der Waals surface area contributed by atoms with Crippen LogP contribution >= 0.6 is 0 Å². The van der Waals surface area contributed by atoms with E-state index >= 15 is 0 Å². The molecule has 0 fully saturated rings. The maximum Gasteiger partial charge on any atom is 0.124 e. The van der Waals surface area contributed by atoms with Crippen molar-refractivity contribution >= 4 is 5.97 Å². The van der Waals surface area contributed by atoms with Crippen molar-refractivity contribution in [2.45, 2.75) is 0 Å². The van der Waals surface area contributed by atoms with E-state index in [0.717, 1.165) is 30.2 Å². The zero-order valence-corrected chi connectivity index (χ0v) is 15.7. The summed E-state index contributed by atoms with van der Waals surface area (Å²) in [6, 6.07) is 13.1. The second-order valence-corrected chi connectivity index (χ2v) is 5.09. The Balaban J connectivity index is 0.000000238. The summed E-state index contributed by atoms with van der Waals surface area (Å²) in [6.45, 7) is 1.26. The van der Waals surface area contributed by atoms with Gasteiger partial charge >= 0.3 is 87.8 Å². The Labute approximate surface area is 144 Å². The third kappa shape index (κ3) is 7.13. The number of carboxylic acids is 1. The fourth-order valence-electron chi connectivity index (χ4n) is 1.54. The van der Waals surface area contributed by atoms with E-state index in [9.17, 15) is 9.90 Å². The summed E-state index contributed by atoms with van der Waals surface area (Å²) in [7, 11) is 1.64. The number of aromatic carboxylic acids is 1. The zero-order chi connectivity index (χ0) is 17.1. The van der Waals surface area contributed by atoms with Crippen molar-refractivity contribution in [3.63, 3.8) is 0 Å². The van der Waals surface area contributed by atoms with Crippen LogP contribution < -0.4 is 14.6 Å². The molecule has 23 heavy (non-hydrogen) atoms. The van der Waals surface area contributed by atoms with Gasteiger partial charge in [-0.1, -0.05) is 12.1 Å². The molecule has 0 saturated carbocycles. The summed E-state index contributed by atoms with van der Waals surface area (Å²) in [5.41, 5.74) is -0.178. The predicted octanol–water partition coefficient (Wildman–Crippen LogP) is 1.31. The molecule has 1 N–H and O–H groups in total. The smallest absolute Gasteiger partial charge is 0.124 e. The third-order valence-electron chi connectivity index (χ3n) is 2.68. The number of rotatable bonds is 6. The van der Waals surface area contributed by atoms with E-state index in [1.165, 1.54) is 18.2 Å². The number of carbonyl (C=O) groups excluding carboxylic acids is 1. The van der Waals surface area contributed by atoms with Crippen LogP contribution in [-0.4, -0.2) is 31.4 Å². The number of methoxy groups -OCH3 is 1. The van der Waals surface area contributed by atoms with Gasteiger partial charge in [0.15, 0.2) is 0 Å². The van der Waals surface area contributed by atoms with Crippen molar-refractivity contribution in [2.24, 2.45) is 0 Å². The van der Waals surface area contributed by atoms with Gasteiger partial charge in [-0.2, -0.15) is 0 Å². The van der Waals surface area contributed by atoms with Gasteiger partial charge in [0.1, 0.15) is 5.75 Å². The molecule has 2 aromatic carbocycles. The molecular weight excluding hydrogens is 354 g/mol. The summed E-state index contributed by atoms with van der Waals surface area (Å²) < 4.78 is 15.4. The van der Waals surface area contributed by atoms with Crippen LogP contribution in [0.15, 0.2) is 48.5 Å². The Morgan fingerprint density at radius 1 is 1.09 bits per heavy atom. The first-order valence-corrected chi connectivity index (χ1v) is 7.92. The SMILES string of the molecule is COc1ccc(OCC[O][Zn+])cc1.O=C([O-])c1ccccc1O. The predicted molar refractivity (Wildman–Crippen MR) is 76.9 cm³/mol. The average Bonchev–Trinajstić information content (AvgIpc) is 2.56. The molecule has 0 unspecified atom stereocenters. The topological polar surface area (TPSA) is 88.1 Å². The number of carboxylic acid groups (broad SMARTS) is 1. The molecule has 0 aromatic heterocycles. The van der Waals surface area contributed by atoms with Crippen molar-refractivity contribution < 1.29 is 46.7 Å². The summed E-state index contributed by atoms with van der Waals surface area (Å²) in [6.07, 6.45) is 0. The second-order valence-electron chi connectivity index (χ2n) is 4.24. The van der Waals surface area contributed by atoms with E-state index in [1.807, 2.05) is 24.3 Å². The van der Waals surface area contributed by atoms with Crippen LogP contribution in [0.5, 0.6) is 17.2 Å². The summed E-state index contributed by atoms with van der Waals surface area (Å²) >= 11 is 0.853. The zero-order valence-electron chi connectivity index (χ0n) is 12.7. The first kappa shape index (κ1) is 18.9. The Bertz CT molecular complexity index is 600. The molecule has 0 bridgehead atoms. The van der Waals surface area contributed by atoms with Crippen molar-refractivity contribution in [2.75, 3.05) is 20.3 Å². The quantitative estimate of drug-likeness (QED) is 0.610. The molecule has 0 aliphatic heterocycles. The van der Waals surface area contributed by atoms with E-state index in [-0.39, 0.29) is 11.3 Å². The normalized spacial score (nSPS) is 9.52. The molecule has 0 aliphatic carbocycles. The van der Waals surface area contributed by atoms with E-state index in [2.05, 4.69) is 0 Å². The number of phenols is 1. The van der Waals surface area contributed by atoms with Crippen molar-refractivity contribution in [3.05, 3.63) is 54.1 Å². The van der Waals surface area contributed by atoms with E-state index < -0.39 is 5.97 Å². The first-order valence-electron chi connectivity index (χ1n) is 6.71. The van der Waals surface area contributed by atoms with Gasteiger partial charge in [0, 0.05) is 5.56 Å². The summed E-state index contributed by atoms with van der Waals surface area (Å²) in [5, 5.41) is 19.0. The van der Waals surface area contributed by atoms with Gasteiger partial charge < -0.3 is 15.0 Å². The monoisotopic (exact) mass is 368 g/mol. The molecular formula is C16H16O6Zn. The van der Waals surface area contributed by atoms with Crippen LogP contribution in [0.1, 0.15) is 10.4 Å². The fraction of sp³-hybridized carbons (Fsp3) is 0.188. The van der Waals surface area contributed by atoms with Gasteiger partial charge in [-0.3, -0.25) is 0 Å². The Kier molecular flexibility index (Phi) is 8.72. The van der Waals surface area contributed by atoms with Gasteiger partial charge in [0.2, 0.25) is 0 Å². The van der Waals surface area contributed by atoms with Gasteiger partial charge in [0.25, 0.3) is 0 Å². The number of benzene rings is 2. The van der Waals surface area contributed by atoms with E-state index in [4.69, 9.17) is 18.1 Å². The number of ether oxygens (including phenoxy) is 2. The molecule has 0 radical (unpaired) electrons. The third-order valence-corrected chi connectivity index (χ3v) is 3.29. The Morgan fingerprint density at radius 3 is 2.17 bits per heavy atom. The molecule has 0 spiro atoms. The van der Waals surface area contributed by atoms with Crippen molar-refractivity contribution in [1.29, 1.82) is 0 Å². The van der Waals surface area contributed by atoms with Crippen molar-refractivity contribution in [1.82, 2.24) is 0 Å². The first-order chi connectivity index (χ1) is 11.1. The van der Waals surface area contributed by atoms with E-state index in [1.54, 1.807) is 13.2 Å². The van der Waals surface area contributed by atoms with Crippen LogP contribution in [0.4, 0.5) is 0 Å². The molecule has 0 amide bonds. The second kappa shape index (κ2) is 10.6. The minimum absolute atomic E-state index is 0.178. The van der Waals surface area contributed by atoms with Crippen LogP contribution in [0.3, 0.4) is 0 Å². The molecule has 2 rings (SSSR count). The van der Waals surface area contributed by atoms with Crippen LogP contribution in [0.25, 0.3) is 0 Å². The molecule has 0 aliphatic rings. The molecule has 118 valence electrons. The minimum atomic E-state index is -1.36. The number of para-hydroxylation sites is 1. The molecule has 0 atom stereocenters. The van der Waals surface area contributed by atoms with Crippen LogP contribution in [0, 0.1) is 0 Å². The number of carbonyl (C=O) groups is 1. The molecule has 0 saturated heterocycles. The van der Waals surface area contributed by atoms with Gasteiger partial charge in [-0.05, 0) is 12.1 Å². The van der Waals surface area contributed by atoms with Crippen LogP contribution in [0.2, 0.25) is 0 Å². The summed E-state index contributed by atoms with van der Waals surface area (Å²) in [5.74, 6) is 0.0595. The van der Waals surface area contributed by atoms with Gasteiger partial charge in [0.05, 0.1) is 5.97 Å². The minimum Gasteiger partial charge on any atom is -0.545 e. The Hall–Kier alpha value is -2.11. The van der Waals surface area contributed by atoms with Crippen molar-refractivity contribution in [3.8, 4) is 17.2 Å². The average molecular weight is 370 g/mol. The maximum absolute atomic E-state index is 10.2. The molecule has 7 heteroatoms. The summed E-state index contributed by atoms with van der Waals surface area (Å²) in [4.78, 5) is 10.2. The molecule has 6 nitrogen and oxygen atoms in total. The molecule has 2 aromatic rings. The standard InChI is InChI=1S/C9H11O3.C7H6O3.Zn/c1-11-8-2-4-9(5-3-8)12-7-6-10;8-6-4-2-1-3-5(6)7(9)10;/h2-5H,6-7H2,1H3;1-4,8H,(H,9,10);/q-1;;+2/p-1. The van der Waals surface area contributed by atoms with Crippen LogP contribution in [-0.2, 0) is 22.2 Å².